The molecule has 2 aromatic rings. The Morgan fingerprint density at radius 3 is 2.48 bits per heavy atom. The fourth-order valence-corrected chi connectivity index (χ4v) is 2.26. The van der Waals surface area contributed by atoms with Gasteiger partial charge in [-0.1, -0.05) is 31.2 Å². The molecule has 0 radical (unpaired) electrons. The number of anilines is 1. The molecule has 0 aliphatic carbocycles. The van der Waals surface area contributed by atoms with Crippen LogP contribution >= 0.6 is 0 Å². The van der Waals surface area contributed by atoms with Crippen LogP contribution in [0.3, 0.4) is 0 Å². The highest BCUT2D eigenvalue weighted by atomic mass is 16.6. The van der Waals surface area contributed by atoms with Crippen molar-refractivity contribution >= 4 is 11.4 Å². The van der Waals surface area contributed by atoms with Crippen LogP contribution in [-0.4, -0.2) is 4.92 Å². The molecule has 4 nitrogen and oxygen atoms in total. The summed E-state index contributed by atoms with van der Waals surface area (Å²) in [4.78, 5) is 10.7. The molecular formula is C17H20N2O2. The predicted octanol–water partition coefficient (Wildman–Crippen LogP) is 4.39. The molecule has 1 N–H and O–H groups in total. The van der Waals surface area contributed by atoms with Crippen LogP contribution in [-0.2, 0) is 13.0 Å². The molecule has 0 bridgehead atoms. The van der Waals surface area contributed by atoms with Crippen molar-refractivity contribution in [3.8, 4) is 0 Å². The summed E-state index contributed by atoms with van der Waals surface area (Å²) < 4.78 is 0. The topological polar surface area (TPSA) is 55.2 Å². The zero-order chi connectivity index (χ0) is 15.4. The molecule has 0 heterocycles. The van der Waals surface area contributed by atoms with E-state index >= 15 is 0 Å². The average Bonchev–Trinajstić information content (AvgIpc) is 2.48. The summed E-state index contributed by atoms with van der Waals surface area (Å²) in [6, 6.07) is 11.6. The largest absolute Gasteiger partial charge is 0.381 e. The van der Waals surface area contributed by atoms with Crippen LogP contribution in [0.1, 0.15) is 29.2 Å². The second kappa shape index (κ2) is 6.39. The Morgan fingerprint density at radius 2 is 1.86 bits per heavy atom. The Labute approximate surface area is 125 Å². The Balaban J connectivity index is 2.14. The second-order valence-electron chi connectivity index (χ2n) is 5.23. The van der Waals surface area contributed by atoms with Gasteiger partial charge in [0.1, 0.15) is 0 Å². The first-order valence-corrected chi connectivity index (χ1v) is 7.08. The van der Waals surface area contributed by atoms with E-state index in [4.69, 9.17) is 0 Å². The molecule has 0 amide bonds. The van der Waals surface area contributed by atoms with Crippen molar-refractivity contribution in [3.63, 3.8) is 0 Å². The van der Waals surface area contributed by atoms with Crippen LogP contribution in [0.15, 0.2) is 36.4 Å². The van der Waals surface area contributed by atoms with Crippen LogP contribution in [0.4, 0.5) is 11.4 Å². The van der Waals surface area contributed by atoms with Crippen LogP contribution < -0.4 is 5.32 Å². The number of benzene rings is 2. The molecule has 110 valence electrons. The smallest absolute Gasteiger partial charge is 0.274 e. The lowest BCUT2D eigenvalue weighted by Crippen LogP contribution is -2.02. The number of nitro benzene ring substituents is 1. The van der Waals surface area contributed by atoms with E-state index in [1.165, 1.54) is 16.7 Å². The van der Waals surface area contributed by atoms with Gasteiger partial charge in [-0.05, 0) is 43.0 Å². The van der Waals surface area contributed by atoms with E-state index in [9.17, 15) is 10.1 Å². The van der Waals surface area contributed by atoms with Gasteiger partial charge in [0.05, 0.1) is 4.92 Å². The molecule has 21 heavy (non-hydrogen) atoms. The fraction of sp³-hybridized carbons (Fsp3) is 0.294. The van der Waals surface area contributed by atoms with Crippen molar-refractivity contribution < 1.29 is 4.92 Å². The van der Waals surface area contributed by atoms with Gasteiger partial charge < -0.3 is 5.32 Å². The predicted molar refractivity (Wildman–Crippen MR) is 85.7 cm³/mol. The van der Waals surface area contributed by atoms with Crippen LogP contribution in [0.5, 0.6) is 0 Å². The maximum Gasteiger partial charge on any atom is 0.274 e. The van der Waals surface area contributed by atoms with E-state index in [1.54, 1.807) is 6.07 Å². The second-order valence-corrected chi connectivity index (χ2v) is 5.23. The number of hydrogen-bond acceptors (Lipinski definition) is 3. The number of rotatable bonds is 5. The molecule has 0 fully saturated rings. The van der Waals surface area contributed by atoms with E-state index in [0.717, 1.165) is 11.3 Å². The SMILES string of the molecule is CCc1ccc(NCc2ccc(C)c(C)c2)cc1[N+](=O)[O-]. The van der Waals surface area contributed by atoms with Gasteiger partial charge in [-0.25, -0.2) is 0 Å². The minimum Gasteiger partial charge on any atom is -0.381 e. The Morgan fingerprint density at radius 1 is 1.10 bits per heavy atom. The summed E-state index contributed by atoms with van der Waals surface area (Å²) in [5.41, 5.74) is 5.40. The first-order chi connectivity index (χ1) is 10.0. The van der Waals surface area contributed by atoms with E-state index in [-0.39, 0.29) is 10.6 Å². The molecular weight excluding hydrogens is 264 g/mol. The van der Waals surface area contributed by atoms with Gasteiger partial charge in [-0.2, -0.15) is 0 Å². The zero-order valence-electron chi connectivity index (χ0n) is 12.6. The number of aryl methyl sites for hydroxylation is 3. The summed E-state index contributed by atoms with van der Waals surface area (Å²) >= 11 is 0. The minimum atomic E-state index is -0.319. The molecule has 4 heteroatoms. The van der Waals surface area contributed by atoms with Gasteiger partial charge in [0, 0.05) is 23.9 Å². The van der Waals surface area contributed by atoms with Gasteiger partial charge in [0.25, 0.3) is 5.69 Å². The Bertz CT molecular complexity index is 666. The molecule has 0 atom stereocenters. The minimum absolute atomic E-state index is 0.183. The van der Waals surface area contributed by atoms with E-state index < -0.39 is 0 Å². The number of hydrogen-bond donors (Lipinski definition) is 1. The molecule has 2 rings (SSSR count). The van der Waals surface area contributed by atoms with E-state index in [2.05, 4.69) is 37.4 Å². The van der Waals surface area contributed by atoms with Crippen LogP contribution in [0.2, 0.25) is 0 Å². The van der Waals surface area contributed by atoms with Crippen molar-refractivity contribution in [1.82, 2.24) is 0 Å². The maximum absolute atomic E-state index is 11.1. The standard InChI is InChI=1S/C17H20N2O2/c1-4-15-7-8-16(10-17(15)19(20)21)18-11-14-6-5-12(2)13(3)9-14/h5-10,18H,4,11H2,1-3H3. The fourth-order valence-electron chi connectivity index (χ4n) is 2.26. The lowest BCUT2D eigenvalue weighted by atomic mass is 10.1. The van der Waals surface area contributed by atoms with Crippen molar-refractivity contribution in [2.75, 3.05) is 5.32 Å². The number of nitrogens with zero attached hydrogens (tertiary/aromatic N) is 1. The highest BCUT2D eigenvalue weighted by Gasteiger charge is 2.12. The monoisotopic (exact) mass is 284 g/mol. The van der Waals surface area contributed by atoms with Gasteiger partial charge in [0.15, 0.2) is 0 Å². The molecule has 0 saturated heterocycles. The highest BCUT2D eigenvalue weighted by molar-refractivity contribution is 5.55. The van der Waals surface area contributed by atoms with Gasteiger partial charge in [-0.3, -0.25) is 10.1 Å². The summed E-state index contributed by atoms with van der Waals surface area (Å²) in [6.07, 6.45) is 0.660. The lowest BCUT2D eigenvalue weighted by Gasteiger charge is -2.09. The maximum atomic E-state index is 11.1. The van der Waals surface area contributed by atoms with Crippen molar-refractivity contribution in [2.24, 2.45) is 0 Å². The Kier molecular flexibility index (Phi) is 4.58. The van der Waals surface area contributed by atoms with Crippen molar-refractivity contribution in [2.45, 2.75) is 33.7 Å². The summed E-state index contributed by atoms with van der Waals surface area (Å²) in [5.74, 6) is 0. The summed E-state index contributed by atoms with van der Waals surface area (Å²) in [5, 5.41) is 14.3. The van der Waals surface area contributed by atoms with Gasteiger partial charge >= 0.3 is 0 Å². The third-order valence-electron chi connectivity index (χ3n) is 3.73. The van der Waals surface area contributed by atoms with Crippen LogP contribution in [0, 0.1) is 24.0 Å². The molecule has 0 spiro atoms. The average molecular weight is 284 g/mol. The first kappa shape index (κ1) is 15.0. The first-order valence-electron chi connectivity index (χ1n) is 7.08. The van der Waals surface area contributed by atoms with E-state index in [0.29, 0.717) is 13.0 Å². The normalized spacial score (nSPS) is 10.4. The van der Waals surface area contributed by atoms with Crippen LogP contribution in [0.25, 0.3) is 0 Å². The summed E-state index contributed by atoms with van der Waals surface area (Å²) in [6.45, 7) is 6.74. The molecule has 0 aromatic heterocycles. The zero-order valence-corrected chi connectivity index (χ0v) is 12.6. The molecule has 0 unspecified atom stereocenters. The molecule has 0 saturated carbocycles. The summed E-state index contributed by atoms with van der Waals surface area (Å²) in [7, 11) is 0. The highest BCUT2D eigenvalue weighted by Crippen LogP contribution is 2.24. The third-order valence-corrected chi connectivity index (χ3v) is 3.73. The molecule has 0 aliphatic rings. The molecule has 2 aromatic carbocycles. The number of nitro groups is 1. The quantitative estimate of drug-likeness (QED) is 0.654. The van der Waals surface area contributed by atoms with E-state index in [1.807, 2.05) is 19.1 Å². The third kappa shape index (κ3) is 3.60. The molecule has 0 aliphatic heterocycles. The number of nitrogens with one attached hydrogen (secondary N) is 1. The Hall–Kier alpha value is -2.36. The van der Waals surface area contributed by atoms with Crippen molar-refractivity contribution in [1.29, 1.82) is 0 Å². The lowest BCUT2D eigenvalue weighted by molar-refractivity contribution is -0.385. The van der Waals surface area contributed by atoms with Gasteiger partial charge in [0.2, 0.25) is 0 Å². The van der Waals surface area contributed by atoms with Gasteiger partial charge in [-0.15, -0.1) is 0 Å². The van der Waals surface area contributed by atoms with Crippen molar-refractivity contribution in [3.05, 3.63) is 68.8 Å².